The molecule has 0 aliphatic heterocycles. The molecule has 2 N–H and O–H groups in total. The number of rotatable bonds is 5. The normalized spacial score (nSPS) is 11.1. The van der Waals surface area contributed by atoms with Gasteiger partial charge >= 0.3 is 0 Å². The van der Waals surface area contributed by atoms with Crippen molar-refractivity contribution in [2.75, 3.05) is 0 Å². The van der Waals surface area contributed by atoms with Crippen LogP contribution in [0.4, 0.5) is 0 Å². The third kappa shape index (κ3) is 4.79. The molecule has 0 aliphatic carbocycles. The molecule has 2 aromatic carbocycles. The van der Waals surface area contributed by atoms with E-state index in [-0.39, 0.29) is 0 Å². The molecule has 3 rings (SSSR count). The Hall–Kier alpha value is -3.46. The van der Waals surface area contributed by atoms with Gasteiger partial charge in [-0.05, 0) is 26.0 Å². The van der Waals surface area contributed by atoms with Crippen molar-refractivity contribution < 1.29 is 0 Å². The molecule has 0 aliphatic rings. The Morgan fingerprint density at radius 3 is 2.00 bits per heavy atom. The summed E-state index contributed by atoms with van der Waals surface area (Å²) in [5, 5.41) is 0. The van der Waals surface area contributed by atoms with E-state index in [1.165, 1.54) is 0 Å². The maximum absolute atomic E-state index is 5.86. The number of hydrogen-bond acceptors (Lipinski definition) is 3. The minimum atomic E-state index is 0.489. The summed E-state index contributed by atoms with van der Waals surface area (Å²) in [5.41, 5.74) is 12.1. The maximum atomic E-state index is 5.86. The van der Waals surface area contributed by atoms with E-state index in [1.807, 2.05) is 86.7 Å². The fraction of sp³-hybridized carbons (Fsp3) is 0.0833. The van der Waals surface area contributed by atoms with Crippen LogP contribution in [0, 0.1) is 0 Å². The number of allylic oxidation sites excluding steroid dienone is 4. The SMILES string of the molecule is C=C(N)/C=C(\C=C(C)C)c1cc(-c2ccccc2)nc(-c2ccccc2)n1. The Morgan fingerprint density at radius 1 is 0.852 bits per heavy atom. The van der Waals surface area contributed by atoms with Crippen molar-refractivity contribution in [3.63, 3.8) is 0 Å². The van der Waals surface area contributed by atoms with Gasteiger partial charge in [-0.25, -0.2) is 9.97 Å². The van der Waals surface area contributed by atoms with Gasteiger partial charge in [-0.15, -0.1) is 0 Å². The fourth-order valence-corrected chi connectivity index (χ4v) is 2.77. The topological polar surface area (TPSA) is 51.8 Å². The third-order valence-corrected chi connectivity index (χ3v) is 3.91. The highest BCUT2D eigenvalue weighted by molar-refractivity contribution is 5.78. The van der Waals surface area contributed by atoms with Crippen molar-refractivity contribution >= 4 is 5.57 Å². The van der Waals surface area contributed by atoms with Gasteiger partial charge in [0.25, 0.3) is 0 Å². The van der Waals surface area contributed by atoms with Crippen LogP contribution in [-0.4, -0.2) is 9.97 Å². The van der Waals surface area contributed by atoms with Gasteiger partial charge < -0.3 is 5.73 Å². The van der Waals surface area contributed by atoms with Crippen LogP contribution in [0.5, 0.6) is 0 Å². The molecule has 3 nitrogen and oxygen atoms in total. The molecule has 1 aromatic heterocycles. The molecule has 27 heavy (non-hydrogen) atoms. The Labute approximate surface area is 160 Å². The molecule has 0 fully saturated rings. The van der Waals surface area contributed by atoms with Gasteiger partial charge in [0.05, 0.1) is 11.4 Å². The van der Waals surface area contributed by atoms with Crippen molar-refractivity contribution in [1.29, 1.82) is 0 Å². The zero-order valence-corrected chi connectivity index (χ0v) is 15.7. The summed E-state index contributed by atoms with van der Waals surface area (Å²) < 4.78 is 0. The highest BCUT2D eigenvalue weighted by Gasteiger charge is 2.11. The van der Waals surface area contributed by atoms with Crippen LogP contribution < -0.4 is 5.73 Å². The first-order valence-electron chi connectivity index (χ1n) is 8.84. The number of nitrogens with zero attached hydrogens (tertiary/aromatic N) is 2. The molecule has 0 saturated carbocycles. The van der Waals surface area contributed by atoms with E-state index in [9.17, 15) is 0 Å². The molecule has 0 atom stereocenters. The monoisotopic (exact) mass is 353 g/mol. The van der Waals surface area contributed by atoms with E-state index < -0.39 is 0 Å². The van der Waals surface area contributed by atoms with Gasteiger partial charge in [0.15, 0.2) is 5.82 Å². The van der Waals surface area contributed by atoms with E-state index in [0.29, 0.717) is 11.5 Å². The van der Waals surface area contributed by atoms with Gasteiger partial charge in [-0.2, -0.15) is 0 Å². The van der Waals surface area contributed by atoms with Gasteiger partial charge in [0, 0.05) is 22.4 Å². The molecule has 1 heterocycles. The Kier molecular flexibility index (Phi) is 5.62. The lowest BCUT2D eigenvalue weighted by molar-refractivity contribution is 1.15. The first-order chi connectivity index (χ1) is 13.0. The molecule has 0 bridgehead atoms. The van der Waals surface area contributed by atoms with E-state index in [4.69, 9.17) is 15.7 Å². The predicted molar refractivity (Wildman–Crippen MR) is 114 cm³/mol. The molecule has 3 aromatic rings. The van der Waals surface area contributed by atoms with Gasteiger partial charge in [-0.3, -0.25) is 0 Å². The molecule has 0 radical (unpaired) electrons. The summed E-state index contributed by atoms with van der Waals surface area (Å²) in [5.74, 6) is 0.683. The van der Waals surface area contributed by atoms with E-state index in [0.717, 1.165) is 33.7 Å². The maximum Gasteiger partial charge on any atom is 0.160 e. The zero-order valence-electron chi connectivity index (χ0n) is 15.7. The summed E-state index contributed by atoms with van der Waals surface area (Å²) in [6.07, 6.45) is 3.91. The molecule has 0 saturated heterocycles. The van der Waals surface area contributed by atoms with Gasteiger partial charge in [0.2, 0.25) is 0 Å². The van der Waals surface area contributed by atoms with Crippen molar-refractivity contribution in [1.82, 2.24) is 9.97 Å². The van der Waals surface area contributed by atoms with Gasteiger partial charge in [0.1, 0.15) is 0 Å². The minimum Gasteiger partial charge on any atom is -0.399 e. The quantitative estimate of drug-likeness (QED) is 0.605. The van der Waals surface area contributed by atoms with Crippen LogP contribution in [0.2, 0.25) is 0 Å². The zero-order chi connectivity index (χ0) is 19.2. The minimum absolute atomic E-state index is 0.489. The van der Waals surface area contributed by atoms with Crippen molar-refractivity contribution in [2.24, 2.45) is 5.73 Å². The second-order valence-electron chi connectivity index (χ2n) is 6.59. The summed E-state index contributed by atoms with van der Waals surface area (Å²) in [6, 6.07) is 22.1. The van der Waals surface area contributed by atoms with Crippen molar-refractivity contribution in [2.45, 2.75) is 13.8 Å². The number of benzene rings is 2. The Bertz CT molecular complexity index is 939. The second kappa shape index (κ2) is 8.28. The van der Waals surface area contributed by atoms with Crippen LogP contribution in [-0.2, 0) is 0 Å². The molecule has 0 spiro atoms. The van der Waals surface area contributed by atoms with Crippen LogP contribution in [0.1, 0.15) is 19.5 Å². The fourth-order valence-electron chi connectivity index (χ4n) is 2.77. The lowest BCUT2D eigenvalue weighted by atomic mass is 10.0. The Morgan fingerprint density at radius 2 is 1.44 bits per heavy atom. The first-order valence-corrected chi connectivity index (χ1v) is 8.84. The van der Waals surface area contributed by atoms with Crippen LogP contribution >= 0.6 is 0 Å². The third-order valence-electron chi connectivity index (χ3n) is 3.91. The number of aromatic nitrogens is 2. The summed E-state index contributed by atoms with van der Waals surface area (Å²) in [4.78, 5) is 9.62. The van der Waals surface area contributed by atoms with Crippen molar-refractivity contribution in [3.8, 4) is 22.6 Å². The van der Waals surface area contributed by atoms with Gasteiger partial charge in [-0.1, -0.05) is 78.9 Å². The number of hydrogen-bond donors (Lipinski definition) is 1. The van der Waals surface area contributed by atoms with Crippen LogP contribution in [0.15, 0.2) is 96.7 Å². The van der Waals surface area contributed by atoms with Crippen molar-refractivity contribution in [3.05, 3.63) is 102 Å². The molecule has 0 amide bonds. The van der Waals surface area contributed by atoms with E-state index in [1.54, 1.807) is 0 Å². The summed E-state index contributed by atoms with van der Waals surface area (Å²) in [7, 11) is 0. The highest BCUT2D eigenvalue weighted by Crippen LogP contribution is 2.26. The van der Waals surface area contributed by atoms with E-state index in [2.05, 4.69) is 12.7 Å². The lowest BCUT2D eigenvalue weighted by Crippen LogP contribution is -1.99. The standard InChI is InChI=1S/C24H23N3/c1-17(2)14-21(15-18(3)25)23-16-22(19-10-6-4-7-11-19)26-24(27-23)20-12-8-5-9-13-20/h4-16H,3,25H2,1-2H3/b21-15+. The highest BCUT2D eigenvalue weighted by atomic mass is 14.9. The second-order valence-corrected chi connectivity index (χ2v) is 6.59. The molecule has 0 unspecified atom stereocenters. The summed E-state index contributed by atoms with van der Waals surface area (Å²) >= 11 is 0. The molecule has 3 heteroatoms. The molecular weight excluding hydrogens is 330 g/mol. The van der Waals surface area contributed by atoms with Crippen LogP contribution in [0.25, 0.3) is 28.2 Å². The average molecular weight is 353 g/mol. The number of nitrogens with two attached hydrogens (primary N) is 1. The molecular formula is C24H23N3. The Balaban J connectivity index is 2.24. The largest absolute Gasteiger partial charge is 0.399 e. The average Bonchev–Trinajstić information content (AvgIpc) is 2.68. The van der Waals surface area contributed by atoms with E-state index >= 15 is 0 Å². The smallest absolute Gasteiger partial charge is 0.160 e. The summed E-state index contributed by atoms with van der Waals surface area (Å²) in [6.45, 7) is 7.91. The van der Waals surface area contributed by atoms with Crippen LogP contribution in [0.3, 0.4) is 0 Å². The first kappa shape index (κ1) is 18.3. The molecule has 134 valence electrons. The predicted octanol–water partition coefficient (Wildman–Crippen LogP) is 5.63. The lowest BCUT2D eigenvalue weighted by Gasteiger charge is -2.10.